The summed E-state index contributed by atoms with van der Waals surface area (Å²) in [6.45, 7) is 1.19. The van der Waals surface area contributed by atoms with Crippen molar-refractivity contribution in [1.82, 2.24) is 4.90 Å². The molecule has 5 rings (SSSR count). The van der Waals surface area contributed by atoms with Crippen molar-refractivity contribution in [2.45, 2.75) is 37.0 Å². The number of nitrogens with zero attached hydrogens (tertiary/aromatic N) is 1. The van der Waals surface area contributed by atoms with E-state index in [4.69, 9.17) is 14.2 Å². The molecule has 0 aromatic heterocycles. The molecular weight excluding hydrogens is 298 g/mol. The highest BCUT2D eigenvalue weighted by molar-refractivity contribution is 5.94. The number of likely N-dealkylation sites (N-methyl/N-ethyl adjacent to an activating group) is 1. The van der Waals surface area contributed by atoms with Gasteiger partial charge in [-0.05, 0) is 50.0 Å². The first-order valence-corrected chi connectivity index (χ1v) is 8.16. The number of aliphatic hydroxyl groups is 1. The van der Waals surface area contributed by atoms with Crippen molar-refractivity contribution < 1.29 is 24.1 Å². The van der Waals surface area contributed by atoms with Crippen LogP contribution in [0.5, 0.6) is 11.5 Å². The number of esters is 1. The highest BCUT2D eigenvalue weighted by Gasteiger charge is 2.53. The summed E-state index contributed by atoms with van der Waals surface area (Å²) < 4.78 is 16.5. The minimum atomic E-state index is -0.602. The van der Waals surface area contributed by atoms with Crippen molar-refractivity contribution in [2.75, 3.05) is 20.4 Å². The summed E-state index contributed by atoms with van der Waals surface area (Å²) in [4.78, 5) is 14.8. The van der Waals surface area contributed by atoms with E-state index >= 15 is 0 Å². The molecule has 6 heteroatoms. The van der Waals surface area contributed by atoms with Crippen LogP contribution in [0.3, 0.4) is 0 Å². The fourth-order valence-corrected chi connectivity index (χ4v) is 4.86. The molecule has 4 aliphatic rings. The zero-order valence-corrected chi connectivity index (χ0v) is 12.9. The van der Waals surface area contributed by atoms with Gasteiger partial charge in [-0.15, -0.1) is 0 Å². The predicted molar refractivity (Wildman–Crippen MR) is 79.7 cm³/mol. The van der Waals surface area contributed by atoms with E-state index in [1.54, 1.807) is 6.07 Å². The summed E-state index contributed by atoms with van der Waals surface area (Å²) in [7, 11) is 2.11. The number of carbonyl (C=O) groups is 1. The number of carbonyl (C=O) groups excluding carboxylic acids is 1. The Labute approximate surface area is 133 Å². The van der Waals surface area contributed by atoms with Crippen molar-refractivity contribution in [3.63, 3.8) is 0 Å². The van der Waals surface area contributed by atoms with Gasteiger partial charge in [-0.2, -0.15) is 0 Å². The zero-order valence-electron chi connectivity index (χ0n) is 12.9. The lowest BCUT2D eigenvalue weighted by Gasteiger charge is -2.47. The summed E-state index contributed by atoms with van der Waals surface area (Å²) in [5.74, 6) is 1.31. The maximum atomic E-state index is 12.4. The molecule has 1 saturated carbocycles. The van der Waals surface area contributed by atoms with Crippen LogP contribution in [0.2, 0.25) is 0 Å². The first-order chi connectivity index (χ1) is 11.1. The molecule has 23 heavy (non-hydrogen) atoms. The number of aliphatic hydroxyl groups excluding tert-OH is 1. The third kappa shape index (κ3) is 1.79. The smallest absolute Gasteiger partial charge is 0.338 e. The van der Waals surface area contributed by atoms with Crippen molar-refractivity contribution in [1.29, 1.82) is 0 Å². The Kier molecular flexibility index (Phi) is 2.73. The molecule has 0 spiro atoms. The van der Waals surface area contributed by atoms with Crippen LogP contribution in [-0.4, -0.2) is 54.6 Å². The second kappa shape index (κ2) is 4.61. The minimum Gasteiger partial charge on any atom is -0.455 e. The second-order valence-corrected chi connectivity index (χ2v) is 7.01. The van der Waals surface area contributed by atoms with Crippen LogP contribution in [-0.2, 0) is 4.74 Å². The second-order valence-electron chi connectivity index (χ2n) is 7.01. The Morgan fingerprint density at radius 2 is 2.04 bits per heavy atom. The molecule has 1 saturated heterocycles. The highest BCUT2D eigenvalue weighted by atomic mass is 16.7. The Morgan fingerprint density at radius 3 is 2.87 bits per heavy atom. The monoisotopic (exact) mass is 317 g/mol. The molecular formula is C17H19NO5. The Bertz CT molecular complexity index is 690. The average Bonchev–Trinajstić information content (AvgIpc) is 3.13. The van der Waals surface area contributed by atoms with E-state index in [-0.39, 0.29) is 24.7 Å². The van der Waals surface area contributed by atoms with Gasteiger partial charge >= 0.3 is 5.97 Å². The number of benzene rings is 1. The zero-order chi connectivity index (χ0) is 15.7. The van der Waals surface area contributed by atoms with Gasteiger partial charge in [0.05, 0.1) is 11.7 Å². The molecule has 3 heterocycles. The normalized spacial score (nSPS) is 37.8. The standard InChI is InChI=1S/C17H19NO5/c1-18-3-2-8-4-11(19)16-14(15(8)18)9-5-12-13(22-7-21-12)6-10(9)17(20)23-16/h5-6,8,11,14-16,19H,2-4,7H2,1H3/t8-,11+,14-,15-,16+/m1/s1. The quantitative estimate of drug-likeness (QED) is 0.723. The lowest BCUT2D eigenvalue weighted by atomic mass is 9.69. The number of likely N-dealkylation sites (tertiary alicyclic amines) is 1. The first kappa shape index (κ1) is 13.6. The third-order valence-electron chi connectivity index (χ3n) is 5.86. The van der Waals surface area contributed by atoms with Gasteiger partial charge in [-0.1, -0.05) is 0 Å². The van der Waals surface area contributed by atoms with E-state index in [0.717, 1.165) is 18.5 Å². The Hall–Kier alpha value is -1.79. The van der Waals surface area contributed by atoms with Gasteiger partial charge in [-0.3, -0.25) is 0 Å². The van der Waals surface area contributed by atoms with Crippen LogP contribution < -0.4 is 9.47 Å². The lowest BCUT2D eigenvalue weighted by molar-refractivity contribution is -0.0778. The first-order valence-electron chi connectivity index (χ1n) is 8.16. The molecule has 6 nitrogen and oxygen atoms in total. The number of fused-ring (bicyclic) bond motifs is 6. The van der Waals surface area contributed by atoms with Gasteiger partial charge in [0.15, 0.2) is 11.5 Å². The van der Waals surface area contributed by atoms with Crippen molar-refractivity contribution in [3.8, 4) is 11.5 Å². The van der Waals surface area contributed by atoms with Crippen LogP contribution in [0.4, 0.5) is 0 Å². The van der Waals surface area contributed by atoms with Crippen LogP contribution in [0.25, 0.3) is 0 Å². The summed E-state index contributed by atoms with van der Waals surface area (Å²) in [5, 5.41) is 10.5. The fourth-order valence-electron chi connectivity index (χ4n) is 4.86. The Balaban J connectivity index is 1.68. The number of ether oxygens (including phenoxy) is 3. The Morgan fingerprint density at radius 1 is 1.26 bits per heavy atom. The molecule has 122 valence electrons. The minimum absolute atomic E-state index is 0.0153. The van der Waals surface area contributed by atoms with Gasteiger partial charge in [0.2, 0.25) is 6.79 Å². The topological polar surface area (TPSA) is 68.2 Å². The molecule has 0 unspecified atom stereocenters. The maximum absolute atomic E-state index is 12.4. The van der Waals surface area contributed by atoms with Crippen LogP contribution in [0.15, 0.2) is 12.1 Å². The molecule has 1 aromatic rings. The molecule has 0 bridgehead atoms. The molecule has 3 aliphatic heterocycles. The van der Waals surface area contributed by atoms with E-state index in [0.29, 0.717) is 29.4 Å². The van der Waals surface area contributed by atoms with Gasteiger partial charge in [0.25, 0.3) is 0 Å². The molecule has 5 atom stereocenters. The van der Waals surface area contributed by atoms with Gasteiger partial charge < -0.3 is 24.2 Å². The van der Waals surface area contributed by atoms with E-state index in [9.17, 15) is 9.90 Å². The molecule has 1 N–H and O–H groups in total. The summed E-state index contributed by atoms with van der Waals surface area (Å²) in [6.07, 6.45) is 0.700. The summed E-state index contributed by atoms with van der Waals surface area (Å²) >= 11 is 0. The summed E-state index contributed by atoms with van der Waals surface area (Å²) in [5.41, 5.74) is 1.47. The third-order valence-corrected chi connectivity index (χ3v) is 5.86. The maximum Gasteiger partial charge on any atom is 0.338 e. The number of rotatable bonds is 0. The van der Waals surface area contributed by atoms with Crippen molar-refractivity contribution in [2.24, 2.45) is 5.92 Å². The van der Waals surface area contributed by atoms with Gasteiger partial charge in [0.1, 0.15) is 6.10 Å². The van der Waals surface area contributed by atoms with E-state index in [1.165, 1.54) is 0 Å². The van der Waals surface area contributed by atoms with Crippen molar-refractivity contribution >= 4 is 5.97 Å². The van der Waals surface area contributed by atoms with E-state index in [2.05, 4.69) is 11.9 Å². The molecule has 0 radical (unpaired) electrons. The van der Waals surface area contributed by atoms with E-state index in [1.807, 2.05) is 6.07 Å². The van der Waals surface area contributed by atoms with Crippen LogP contribution >= 0.6 is 0 Å². The van der Waals surface area contributed by atoms with Crippen molar-refractivity contribution in [3.05, 3.63) is 23.3 Å². The average molecular weight is 317 g/mol. The highest BCUT2D eigenvalue weighted by Crippen LogP contribution is 2.50. The molecule has 1 aliphatic carbocycles. The fraction of sp³-hybridized carbons (Fsp3) is 0.588. The molecule has 1 aromatic carbocycles. The largest absolute Gasteiger partial charge is 0.455 e. The molecule has 2 fully saturated rings. The van der Waals surface area contributed by atoms with Crippen LogP contribution in [0, 0.1) is 5.92 Å². The van der Waals surface area contributed by atoms with Crippen LogP contribution in [0.1, 0.15) is 34.7 Å². The SMILES string of the molecule is CN1CC[C@@H]2C[C@H](O)[C@@H]3OC(=O)c4cc5c(cc4[C@@H]3[C@@H]21)OCO5. The lowest BCUT2D eigenvalue weighted by Crippen LogP contribution is -2.54. The van der Waals surface area contributed by atoms with E-state index < -0.39 is 12.2 Å². The predicted octanol–water partition coefficient (Wildman–Crippen LogP) is 1.12. The summed E-state index contributed by atoms with van der Waals surface area (Å²) in [6, 6.07) is 3.92. The number of hydrogen-bond acceptors (Lipinski definition) is 6. The van der Waals surface area contributed by atoms with Gasteiger partial charge in [-0.25, -0.2) is 4.79 Å². The number of hydrogen-bond donors (Lipinski definition) is 1. The molecule has 0 amide bonds. The van der Waals surface area contributed by atoms with Gasteiger partial charge in [0, 0.05) is 12.0 Å².